The van der Waals surface area contributed by atoms with Crippen LogP contribution in [0.2, 0.25) is 0 Å². The van der Waals surface area contributed by atoms with E-state index in [0.29, 0.717) is 53.2 Å². The van der Waals surface area contributed by atoms with Gasteiger partial charge in [-0.25, -0.2) is 4.52 Å². The fraction of sp³-hybridized carbons (Fsp3) is 0.333. The Balaban J connectivity index is 1.50. The molecule has 0 unspecified atom stereocenters. The van der Waals surface area contributed by atoms with Gasteiger partial charge in [0.2, 0.25) is 5.95 Å². The highest BCUT2D eigenvalue weighted by Gasteiger charge is 2.17. The van der Waals surface area contributed by atoms with Crippen molar-refractivity contribution in [1.82, 2.24) is 25.2 Å². The second-order valence-corrected chi connectivity index (χ2v) is 10.6. The summed E-state index contributed by atoms with van der Waals surface area (Å²) >= 11 is 0. The summed E-state index contributed by atoms with van der Waals surface area (Å²) in [6.45, 7) is 10.4. The Morgan fingerprint density at radius 2 is 1.65 bits per heavy atom. The molecule has 10 nitrogen and oxygen atoms in total. The molecule has 0 aliphatic carbocycles. The number of carbonyl (C=O) groups is 2. The minimum Gasteiger partial charge on any atom is -0.492 e. The van der Waals surface area contributed by atoms with Gasteiger partial charge in [0.1, 0.15) is 5.75 Å². The van der Waals surface area contributed by atoms with E-state index in [2.05, 4.69) is 39.9 Å². The molecule has 10 heteroatoms. The number of anilines is 2. The van der Waals surface area contributed by atoms with Gasteiger partial charge in [0.15, 0.2) is 5.65 Å². The Morgan fingerprint density at radius 1 is 0.975 bits per heavy atom. The zero-order valence-electron chi connectivity index (χ0n) is 23.5. The van der Waals surface area contributed by atoms with Gasteiger partial charge >= 0.3 is 0 Å². The minimum absolute atomic E-state index is 0.0862. The first-order valence-electron chi connectivity index (χ1n) is 13.3. The van der Waals surface area contributed by atoms with Crippen LogP contribution < -0.4 is 20.7 Å². The summed E-state index contributed by atoms with van der Waals surface area (Å²) in [5, 5.41) is 23.3. The summed E-state index contributed by atoms with van der Waals surface area (Å²) in [6.07, 6.45) is 1.88. The van der Waals surface area contributed by atoms with E-state index in [1.165, 1.54) is 0 Å². The molecule has 2 heterocycles. The maximum absolute atomic E-state index is 12.5. The summed E-state index contributed by atoms with van der Waals surface area (Å²) in [5.41, 5.74) is 3.15. The first kappa shape index (κ1) is 28.6. The van der Waals surface area contributed by atoms with Crippen molar-refractivity contribution in [3.05, 3.63) is 71.9 Å². The van der Waals surface area contributed by atoms with E-state index < -0.39 is 5.60 Å². The monoisotopic (exact) mass is 544 g/mol. The first-order chi connectivity index (χ1) is 19.0. The van der Waals surface area contributed by atoms with Gasteiger partial charge in [-0.3, -0.25) is 9.59 Å². The van der Waals surface area contributed by atoms with Crippen LogP contribution in [0.5, 0.6) is 5.75 Å². The molecule has 210 valence electrons. The number of benzene rings is 2. The summed E-state index contributed by atoms with van der Waals surface area (Å²) in [7, 11) is 0. The largest absolute Gasteiger partial charge is 0.492 e. The topological polar surface area (TPSA) is 130 Å². The van der Waals surface area contributed by atoms with Gasteiger partial charge in [-0.15, -0.1) is 5.10 Å². The van der Waals surface area contributed by atoms with E-state index in [0.717, 1.165) is 11.1 Å². The van der Waals surface area contributed by atoms with Crippen molar-refractivity contribution in [2.75, 3.05) is 25.0 Å². The van der Waals surface area contributed by atoms with Crippen molar-refractivity contribution in [3.63, 3.8) is 0 Å². The molecule has 0 bridgehead atoms. The van der Waals surface area contributed by atoms with Crippen LogP contribution in [0.3, 0.4) is 0 Å². The van der Waals surface area contributed by atoms with Crippen LogP contribution in [0.25, 0.3) is 16.8 Å². The lowest BCUT2D eigenvalue weighted by Crippen LogP contribution is -2.38. The van der Waals surface area contributed by atoms with Gasteiger partial charge in [-0.1, -0.05) is 26.0 Å². The summed E-state index contributed by atoms with van der Waals surface area (Å²) in [6, 6.07) is 16.3. The lowest BCUT2D eigenvalue weighted by molar-refractivity contribution is 0.0694. The second-order valence-electron chi connectivity index (χ2n) is 10.6. The highest BCUT2D eigenvalue weighted by atomic mass is 16.5. The number of amides is 2. The molecule has 0 atom stereocenters. The Bertz CT molecular complexity index is 1490. The fourth-order valence-corrected chi connectivity index (χ4v) is 3.88. The molecular weight excluding hydrogens is 508 g/mol. The van der Waals surface area contributed by atoms with Crippen molar-refractivity contribution >= 4 is 29.1 Å². The van der Waals surface area contributed by atoms with Crippen LogP contribution in [0, 0.1) is 5.92 Å². The molecule has 0 aliphatic heterocycles. The quantitative estimate of drug-likeness (QED) is 0.220. The molecule has 4 N–H and O–H groups in total. The number of aromatic nitrogens is 3. The van der Waals surface area contributed by atoms with Gasteiger partial charge in [-0.2, -0.15) is 4.98 Å². The van der Waals surface area contributed by atoms with E-state index in [9.17, 15) is 14.7 Å². The maximum Gasteiger partial charge on any atom is 0.251 e. The number of pyridine rings is 1. The molecular formula is C30H36N6O4. The predicted molar refractivity (Wildman–Crippen MR) is 155 cm³/mol. The lowest BCUT2D eigenvalue weighted by Gasteiger charge is -2.18. The molecule has 4 aromatic rings. The second kappa shape index (κ2) is 12.2. The normalized spacial score (nSPS) is 11.5. The molecule has 0 spiro atoms. The number of rotatable bonds is 11. The number of nitrogens with zero attached hydrogens (tertiary/aromatic N) is 3. The van der Waals surface area contributed by atoms with Crippen LogP contribution in [0.4, 0.5) is 11.6 Å². The molecule has 0 saturated heterocycles. The Labute approximate surface area is 233 Å². The van der Waals surface area contributed by atoms with Gasteiger partial charge in [0.05, 0.1) is 17.9 Å². The van der Waals surface area contributed by atoms with Crippen LogP contribution >= 0.6 is 0 Å². The van der Waals surface area contributed by atoms with E-state index in [-0.39, 0.29) is 18.4 Å². The van der Waals surface area contributed by atoms with E-state index >= 15 is 0 Å². The molecule has 40 heavy (non-hydrogen) atoms. The fourth-order valence-electron chi connectivity index (χ4n) is 3.88. The summed E-state index contributed by atoms with van der Waals surface area (Å²) < 4.78 is 7.45. The maximum atomic E-state index is 12.5. The van der Waals surface area contributed by atoms with Gasteiger partial charge < -0.3 is 25.8 Å². The molecule has 0 radical (unpaired) electrons. The molecule has 2 amide bonds. The number of hydrogen-bond acceptors (Lipinski definition) is 7. The number of nitrogens with one attached hydrogen (secondary N) is 3. The van der Waals surface area contributed by atoms with Crippen molar-refractivity contribution in [2.24, 2.45) is 5.92 Å². The van der Waals surface area contributed by atoms with E-state index in [4.69, 9.17) is 4.74 Å². The average Bonchev–Trinajstić information content (AvgIpc) is 3.32. The summed E-state index contributed by atoms with van der Waals surface area (Å²) in [4.78, 5) is 29.4. The zero-order valence-corrected chi connectivity index (χ0v) is 23.5. The number of carbonyl (C=O) groups excluding carboxylic acids is 2. The molecule has 0 fully saturated rings. The van der Waals surface area contributed by atoms with Crippen molar-refractivity contribution < 1.29 is 19.4 Å². The highest BCUT2D eigenvalue weighted by Crippen LogP contribution is 2.29. The first-order valence-corrected chi connectivity index (χ1v) is 13.3. The third kappa shape index (κ3) is 7.35. The Kier molecular flexibility index (Phi) is 8.69. The van der Waals surface area contributed by atoms with Crippen LogP contribution in [0.1, 0.15) is 55.3 Å². The lowest BCUT2D eigenvalue weighted by atomic mass is 10.1. The third-order valence-corrected chi connectivity index (χ3v) is 5.95. The number of aliphatic hydroxyl groups is 1. The molecule has 4 rings (SSSR count). The van der Waals surface area contributed by atoms with Crippen LogP contribution in [0.15, 0.2) is 60.8 Å². The Morgan fingerprint density at radius 3 is 2.33 bits per heavy atom. The third-order valence-electron chi connectivity index (χ3n) is 5.95. The van der Waals surface area contributed by atoms with E-state index in [1.807, 2.05) is 49.5 Å². The van der Waals surface area contributed by atoms with Gasteiger partial charge in [0, 0.05) is 36.0 Å². The number of hydrogen-bond donors (Lipinski definition) is 4. The minimum atomic E-state index is -1.01. The number of ether oxygens (including phenoxy) is 1. The van der Waals surface area contributed by atoms with Crippen molar-refractivity contribution in [2.45, 2.75) is 40.2 Å². The van der Waals surface area contributed by atoms with Crippen LogP contribution in [-0.4, -0.2) is 56.8 Å². The van der Waals surface area contributed by atoms with Crippen molar-refractivity contribution in [3.8, 4) is 16.9 Å². The molecule has 2 aromatic heterocycles. The van der Waals surface area contributed by atoms with Crippen molar-refractivity contribution in [1.29, 1.82) is 0 Å². The molecule has 0 saturated carbocycles. The van der Waals surface area contributed by atoms with Gasteiger partial charge in [-0.05, 0) is 74.7 Å². The standard InChI is InChI=1S/C30H36N6O4/c1-6-40-25-15-22(28(38)32-18-30(4,5)39)11-13-24(25)33-29-34-26-14-12-23(17-36(26)35-29)20-7-9-21(10-8-20)27(37)31-16-19(2)3/h7-15,17,19,39H,6,16,18H2,1-5H3,(H,31,37)(H,32,38)(H,33,35). The average molecular weight is 545 g/mol. The van der Waals surface area contributed by atoms with Crippen LogP contribution in [-0.2, 0) is 0 Å². The number of fused-ring (bicyclic) bond motifs is 1. The molecule has 0 aliphatic rings. The highest BCUT2D eigenvalue weighted by molar-refractivity contribution is 5.95. The zero-order chi connectivity index (χ0) is 28.9. The molecule has 2 aromatic carbocycles. The smallest absolute Gasteiger partial charge is 0.251 e. The summed E-state index contributed by atoms with van der Waals surface area (Å²) in [5.74, 6) is 0.845. The van der Waals surface area contributed by atoms with E-state index in [1.54, 1.807) is 36.6 Å². The van der Waals surface area contributed by atoms with Gasteiger partial charge in [0.25, 0.3) is 11.8 Å². The SMILES string of the molecule is CCOc1cc(C(=O)NCC(C)(C)O)ccc1Nc1nc2ccc(-c3ccc(C(=O)NCC(C)C)cc3)cn2n1. The Hall–Kier alpha value is -4.44. The predicted octanol–water partition coefficient (Wildman–Crippen LogP) is 4.43.